The molecule has 15 heavy (non-hydrogen) atoms. The van der Waals surface area contributed by atoms with E-state index < -0.39 is 0 Å². The average molecular weight is 227 g/mol. The molecule has 1 saturated carbocycles. The maximum absolute atomic E-state index is 9.72. The van der Waals surface area contributed by atoms with Crippen molar-refractivity contribution in [3.05, 3.63) is 0 Å². The third-order valence-electron chi connectivity index (χ3n) is 2.69. The Balaban J connectivity index is 2.42. The molecule has 0 bridgehead atoms. The highest BCUT2D eigenvalue weighted by Crippen LogP contribution is 2.24. The van der Waals surface area contributed by atoms with E-state index in [1.807, 2.05) is 12.4 Å². The van der Waals surface area contributed by atoms with Crippen molar-refractivity contribution in [1.82, 2.24) is 5.32 Å². The Labute approximate surface area is 94.8 Å². The highest BCUT2D eigenvalue weighted by atomic mass is 32.2. The lowest BCUT2D eigenvalue weighted by Gasteiger charge is -2.26. The van der Waals surface area contributed by atoms with Gasteiger partial charge in [-0.05, 0) is 19.1 Å². The molecule has 1 aliphatic rings. The topological polar surface area (TPSA) is 68.4 Å². The highest BCUT2D eigenvalue weighted by Gasteiger charge is 2.22. The predicted molar refractivity (Wildman–Crippen MR) is 62.5 cm³/mol. The van der Waals surface area contributed by atoms with Gasteiger partial charge in [0.15, 0.2) is 11.4 Å². The Bertz CT molecular complexity index is 262. The van der Waals surface area contributed by atoms with Crippen LogP contribution in [0.2, 0.25) is 0 Å². The molecule has 0 spiro atoms. The summed E-state index contributed by atoms with van der Waals surface area (Å²) in [6, 6.07) is 0. The average Bonchev–Trinajstić information content (AvgIpc) is 2.26. The predicted octanol–water partition coefficient (Wildman–Crippen LogP) is 1.33. The van der Waals surface area contributed by atoms with Crippen LogP contribution in [0.5, 0.6) is 0 Å². The van der Waals surface area contributed by atoms with Gasteiger partial charge in [-0.15, -0.1) is 0 Å². The van der Waals surface area contributed by atoms with Crippen molar-refractivity contribution in [1.29, 1.82) is 5.26 Å². The molecule has 2 unspecified atom stereocenters. The second-order valence-electron chi connectivity index (χ2n) is 3.70. The van der Waals surface area contributed by atoms with Crippen LogP contribution >= 0.6 is 11.8 Å². The van der Waals surface area contributed by atoms with Crippen LogP contribution in [0.25, 0.3) is 0 Å². The normalized spacial score (nSPS) is 27.1. The summed E-state index contributed by atoms with van der Waals surface area (Å²) < 4.78 is 0. The van der Waals surface area contributed by atoms with Gasteiger partial charge in [-0.1, -0.05) is 24.6 Å². The standard InChI is InChI=1S/C10H17N3OS/c1-15-10(13-7-11)12-6-8-4-2-3-5-9(8)14/h8-9,14H,2-6H2,1H3,(H,12,13). The minimum atomic E-state index is -0.215. The van der Waals surface area contributed by atoms with Crippen molar-refractivity contribution >= 4 is 16.9 Å². The quantitative estimate of drug-likeness (QED) is 0.323. The molecule has 0 aliphatic heterocycles. The van der Waals surface area contributed by atoms with E-state index in [0.29, 0.717) is 11.7 Å². The summed E-state index contributed by atoms with van der Waals surface area (Å²) in [4.78, 5) is 4.29. The summed E-state index contributed by atoms with van der Waals surface area (Å²) in [5.41, 5.74) is 0. The number of thioether (sulfide) groups is 1. The van der Waals surface area contributed by atoms with Gasteiger partial charge in [0.1, 0.15) is 0 Å². The maximum atomic E-state index is 9.72. The molecular weight excluding hydrogens is 210 g/mol. The van der Waals surface area contributed by atoms with E-state index in [9.17, 15) is 5.11 Å². The van der Waals surface area contributed by atoms with Crippen LogP contribution in [0.3, 0.4) is 0 Å². The van der Waals surface area contributed by atoms with Crippen LogP contribution in [0.15, 0.2) is 4.99 Å². The Morgan fingerprint density at radius 2 is 2.33 bits per heavy atom. The van der Waals surface area contributed by atoms with Gasteiger partial charge in [-0.25, -0.2) is 0 Å². The molecule has 4 nitrogen and oxygen atoms in total. The Kier molecular flexibility index (Phi) is 5.51. The minimum Gasteiger partial charge on any atom is -0.393 e. The molecule has 0 aromatic rings. The number of rotatable bonds is 2. The summed E-state index contributed by atoms with van der Waals surface area (Å²) in [6.07, 6.45) is 7.74. The molecule has 0 amide bonds. The van der Waals surface area contributed by atoms with E-state index in [0.717, 1.165) is 19.3 Å². The number of aliphatic imine (C=N–C) groups is 1. The molecule has 0 saturated heterocycles. The minimum absolute atomic E-state index is 0.215. The van der Waals surface area contributed by atoms with Crippen LogP contribution in [-0.2, 0) is 0 Å². The molecule has 1 rings (SSSR count). The number of hydrogen-bond acceptors (Lipinski definition) is 4. The SMILES string of the molecule is CSC(=NCC1CCCCC1O)NC#N. The number of nitrogens with one attached hydrogen (secondary N) is 1. The Morgan fingerprint density at radius 1 is 1.60 bits per heavy atom. The van der Waals surface area contributed by atoms with E-state index in [1.165, 1.54) is 18.2 Å². The number of nitrogens with zero attached hydrogens (tertiary/aromatic N) is 2. The lowest BCUT2D eigenvalue weighted by molar-refractivity contribution is 0.0745. The second-order valence-corrected chi connectivity index (χ2v) is 4.49. The lowest BCUT2D eigenvalue weighted by atomic mass is 9.87. The molecule has 84 valence electrons. The molecule has 5 heteroatoms. The van der Waals surface area contributed by atoms with Gasteiger partial charge < -0.3 is 5.11 Å². The monoisotopic (exact) mass is 227 g/mol. The van der Waals surface area contributed by atoms with Gasteiger partial charge in [0.05, 0.1) is 6.10 Å². The molecule has 0 aromatic carbocycles. The molecule has 2 N–H and O–H groups in total. The third-order valence-corrected chi connectivity index (χ3v) is 3.31. The van der Waals surface area contributed by atoms with Crippen molar-refractivity contribution in [2.75, 3.05) is 12.8 Å². The third kappa shape index (κ3) is 4.10. The van der Waals surface area contributed by atoms with Gasteiger partial charge >= 0.3 is 0 Å². The Hall–Kier alpha value is -0.730. The first-order valence-corrected chi connectivity index (χ1v) is 6.42. The fourth-order valence-electron chi connectivity index (χ4n) is 1.80. The number of hydrogen-bond donors (Lipinski definition) is 2. The van der Waals surface area contributed by atoms with E-state index in [4.69, 9.17) is 5.26 Å². The highest BCUT2D eigenvalue weighted by molar-refractivity contribution is 8.13. The summed E-state index contributed by atoms with van der Waals surface area (Å²) in [6.45, 7) is 0.617. The summed E-state index contributed by atoms with van der Waals surface area (Å²) in [5.74, 6) is 0.265. The summed E-state index contributed by atoms with van der Waals surface area (Å²) in [5, 5.41) is 21.3. The number of nitriles is 1. The molecule has 1 fully saturated rings. The first kappa shape index (κ1) is 12.3. The number of aliphatic hydroxyl groups excluding tert-OH is 1. The second kappa shape index (κ2) is 6.70. The van der Waals surface area contributed by atoms with Crippen molar-refractivity contribution in [3.8, 4) is 6.19 Å². The summed E-state index contributed by atoms with van der Waals surface area (Å²) in [7, 11) is 0. The molecule has 0 radical (unpaired) electrons. The number of aliphatic hydroxyl groups is 1. The molecule has 0 aromatic heterocycles. The van der Waals surface area contributed by atoms with Gasteiger partial charge in [0, 0.05) is 12.5 Å². The van der Waals surface area contributed by atoms with Crippen LogP contribution in [0.1, 0.15) is 25.7 Å². The van der Waals surface area contributed by atoms with E-state index >= 15 is 0 Å². The van der Waals surface area contributed by atoms with Gasteiger partial charge in [0.25, 0.3) is 0 Å². The molecule has 0 heterocycles. The largest absolute Gasteiger partial charge is 0.393 e. The van der Waals surface area contributed by atoms with Crippen LogP contribution in [-0.4, -0.2) is 29.2 Å². The van der Waals surface area contributed by atoms with E-state index in [-0.39, 0.29) is 12.0 Å². The van der Waals surface area contributed by atoms with Crippen molar-refractivity contribution in [2.45, 2.75) is 31.8 Å². The van der Waals surface area contributed by atoms with Crippen LogP contribution in [0.4, 0.5) is 0 Å². The van der Waals surface area contributed by atoms with Crippen molar-refractivity contribution in [2.24, 2.45) is 10.9 Å². The zero-order valence-electron chi connectivity index (χ0n) is 8.94. The van der Waals surface area contributed by atoms with Gasteiger partial charge in [0.2, 0.25) is 0 Å². The van der Waals surface area contributed by atoms with Crippen LogP contribution in [0, 0.1) is 17.4 Å². The van der Waals surface area contributed by atoms with Crippen LogP contribution < -0.4 is 5.32 Å². The molecular formula is C10H17N3OS. The molecule has 2 atom stereocenters. The van der Waals surface area contributed by atoms with Gasteiger partial charge in [-0.3, -0.25) is 10.3 Å². The summed E-state index contributed by atoms with van der Waals surface area (Å²) >= 11 is 1.42. The lowest BCUT2D eigenvalue weighted by Crippen LogP contribution is -2.27. The zero-order chi connectivity index (χ0) is 11.1. The van der Waals surface area contributed by atoms with E-state index in [2.05, 4.69) is 10.3 Å². The first-order valence-electron chi connectivity index (χ1n) is 5.19. The Morgan fingerprint density at radius 3 is 2.93 bits per heavy atom. The number of amidine groups is 1. The fourth-order valence-corrected chi connectivity index (χ4v) is 2.16. The van der Waals surface area contributed by atoms with Crippen molar-refractivity contribution < 1.29 is 5.11 Å². The first-order chi connectivity index (χ1) is 7.27. The van der Waals surface area contributed by atoms with Gasteiger partial charge in [-0.2, -0.15) is 5.26 Å². The fraction of sp³-hybridized carbons (Fsp3) is 0.800. The van der Waals surface area contributed by atoms with Crippen molar-refractivity contribution in [3.63, 3.8) is 0 Å². The van der Waals surface area contributed by atoms with E-state index in [1.54, 1.807) is 0 Å². The molecule has 1 aliphatic carbocycles. The maximum Gasteiger partial charge on any atom is 0.183 e. The smallest absolute Gasteiger partial charge is 0.183 e. The zero-order valence-corrected chi connectivity index (χ0v) is 9.76.